The molecule has 36 heavy (non-hydrogen) atoms. The highest BCUT2D eigenvalue weighted by Gasteiger charge is 2.42. The van der Waals surface area contributed by atoms with Gasteiger partial charge in [0.15, 0.2) is 0 Å². The average molecular weight is 498 g/mol. The Balaban J connectivity index is 1.37. The average Bonchev–Trinajstić information content (AvgIpc) is 3.26. The van der Waals surface area contributed by atoms with E-state index >= 15 is 0 Å². The van der Waals surface area contributed by atoms with Crippen molar-refractivity contribution in [1.82, 2.24) is 25.1 Å². The smallest absolute Gasteiger partial charge is 0.242 e. The third-order valence-corrected chi connectivity index (χ3v) is 7.65. The molecular weight excluding hydrogens is 458 g/mol. The zero-order valence-electron chi connectivity index (χ0n) is 21.6. The van der Waals surface area contributed by atoms with Crippen LogP contribution >= 0.6 is 0 Å². The van der Waals surface area contributed by atoms with Crippen molar-refractivity contribution in [1.29, 1.82) is 0 Å². The first-order valence-electron chi connectivity index (χ1n) is 13.3. The molecule has 0 aliphatic carbocycles. The molecule has 2 aromatic rings. The molecule has 1 aromatic carbocycles. The third-order valence-electron chi connectivity index (χ3n) is 7.65. The van der Waals surface area contributed by atoms with Crippen molar-refractivity contribution in [2.75, 3.05) is 32.8 Å². The van der Waals surface area contributed by atoms with Gasteiger partial charge in [0.05, 0.1) is 23.1 Å². The largest absolute Gasteiger partial charge is 0.380 e. The van der Waals surface area contributed by atoms with Crippen LogP contribution in [0.5, 0.6) is 0 Å². The lowest BCUT2D eigenvalue weighted by Gasteiger charge is -2.41. The molecule has 2 aliphatic heterocycles. The van der Waals surface area contributed by atoms with Gasteiger partial charge in [-0.05, 0) is 51.7 Å². The minimum absolute atomic E-state index is 0.0749. The SMILES string of the molecule is CCn1c(CCC(=O)N2CCC3(CCCCOCCNC(=O)[C@H](C)NC3=O)CC2)nc2ccccc21. The number of nitrogens with zero attached hydrogens (tertiary/aromatic N) is 3. The minimum atomic E-state index is -0.604. The predicted octanol–water partition coefficient (Wildman–Crippen LogP) is 2.42. The monoisotopic (exact) mass is 497 g/mol. The number of ether oxygens (including phenoxy) is 1. The van der Waals surface area contributed by atoms with E-state index in [4.69, 9.17) is 9.72 Å². The van der Waals surface area contributed by atoms with Crippen molar-refractivity contribution in [3.63, 3.8) is 0 Å². The van der Waals surface area contributed by atoms with E-state index in [2.05, 4.69) is 28.2 Å². The maximum absolute atomic E-state index is 13.4. The lowest BCUT2D eigenvalue weighted by molar-refractivity contribution is -0.142. The molecule has 0 bridgehead atoms. The van der Waals surface area contributed by atoms with Gasteiger partial charge in [-0.1, -0.05) is 18.6 Å². The number of fused-ring (bicyclic) bond motifs is 1. The van der Waals surface area contributed by atoms with Crippen LogP contribution in [0.25, 0.3) is 11.0 Å². The number of aromatic nitrogens is 2. The summed E-state index contributed by atoms with van der Waals surface area (Å²) in [6.07, 6.45) is 4.69. The number of imidazole rings is 1. The number of carbonyl (C=O) groups is 3. The van der Waals surface area contributed by atoms with Crippen LogP contribution < -0.4 is 10.6 Å². The van der Waals surface area contributed by atoms with Crippen molar-refractivity contribution >= 4 is 28.8 Å². The number of nitrogens with one attached hydrogen (secondary N) is 2. The molecule has 2 N–H and O–H groups in total. The minimum Gasteiger partial charge on any atom is -0.380 e. The van der Waals surface area contributed by atoms with Crippen LogP contribution in [0.2, 0.25) is 0 Å². The summed E-state index contributed by atoms with van der Waals surface area (Å²) in [7, 11) is 0. The lowest BCUT2D eigenvalue weighted by Crippen LogP contribution is -2.54. The Morgan fingerprint density at radius 1 is 1.14 bits per heavy atom. The Morgan fingerprint density at radius 2 is 1.92 bits per heavy atom. The van der Waals surface area contributed by atoms with E-state index in [1.165, 1.54) is 0 Å². The highest BCUT2D eigenvalue weighted by molar-refractivity contribution is 5.90. The zero-order valence-corrected chi connectivity index (χ0v) is 21.6. The van der Waals surface area contributed by atoms with E-state index in [1.807, 2.05) is 23.1 Å². The number of rotatable bonds is 4. The number of hydrogen-bond acceptors (Lipinski definition) is 5. The molecule has 1 atom stereocenters. The number of likely N-dealkylation sites (tertiary alicyclic amines) is 1. The molecule has 0 radical (unpaired) electrons. The van der Waals surface area contributed by atoms with Gasteiger partial charge in [-0.2, -0.15) is 0 Å². The summed E-state index contributed by atoms with van der Waals surface area (Å²) in [5.74, 6) is 0.761. The molecule has 1 aromatic heterocycles. The normalized spacial score (nSPS) is 21.8. The number of hydrogen-bond donors (Lipinski definition) is 2. The van der Waals surface area contributed by atoms with Crippen molar-refractivity contribution in [3.8, 4) is 0 Å². The van der Waals surface area contributed by atoms with E-state index in [-0.39, 0.29) is 17.7 Å². The second-order valence-electron chi connectivity index (χ2n) is 9.98. The number of carbonyl (C=O) groups excluding carboxylic acids is 3. The van der Waals surface area contributed by atoms with Gasteiger partial charge in [0.25, 0.3) is 0 Å². The summed E-state index contributed by atoms with van der Waals surface area (Å²) in [6.45, 7) is 7.25. The highest BCUT2D eigenvalue weighted by Crippen LogP contribution is 2.37. The Hall–Kier alpha value is -2.94. The van der Waals surface area contributed by atoms with Crippen LogP contribution in [-0.2, 0) is 32.1 Å². The summed E-state index contributed by atoms with van der Waals surface area (Å²) in [4.78, 5) is 45.4. The summed E-state index contributed by atoms with van der Waals surface area (Å²) < 4.78 is 7.77. The zero-order chi connectivity index (χ0) is 25.5. The Bertz CT molecular complexity index is 1070. The fraction of sp³-hybridized carbons (Fsp3) is 0.630. The number of piperidine rings is 1. The van der Waals surface area contributed by atoms with Crippen LogP contribution in [-0.4, -0.2) is 71.1 Å². The Labute approximate surface area is 212 Å². The molecule has 0 unspecified atom stereocenters. The Kier molecular flexibility index (Phi) is 8.61. The van der Waals surface area contributed by atoms with Gasteiger partial charge >= 0.3 is 0 Å². The van der Waals surface area contributed by atoms with Gasteiger partial charge in [0, 0.05) is 45.6 Å². The molecule has 4 rings (SSSR count). The van der Waals surface area contributed by atoms with Crippen LogP contribution in [0.4, 0.5) is 0 Å². The maximum Gasteiger partial charge on any atom is 0.242 e. The van der Waals surface area contributed by atoms with E-state index < -0.39 is 11.5 Å². The van der Waals surface area contributed by atoms with Gasteiger partial charge in [0.1, 0.15) is 11.9 Å². The highest BCUT2D eigenvalue weighted by atomic mass is 16.5. The predicted molar refractivity (Wildman–Crippen MR) is 137 cm³/mol. The van der Waals surface area contributed by atoms with E-state index in [0.717, 1.165) is 42.7 Å². The molecule has 9 nitrogen and oxygen atoms in total. The molecule has 1 spiro atoms. The summed E-state index contributed by atoms with van der Waals surface area (Å²) in [5.41, 5.74) is 1.49. The first kappa shape index (κ1) is 26.1. The van der Waals surface area contributed by atoms with Gasteiger partial charge in [-0.3, -0.25) is 14.4 Å². The molecular formula is C27H39N5O4. The quantitative estimate of drug-likeness (QED) is 0.675. The summed E-state index contributed by atoms with van der Waals surface area (Å²) in [5, 5.41) is 5.75. The van der Waals surface area contributed by atoms with Crippen LogP contribution in [0, 0.1) is 5.41 Å². The fourth-order valence-corrected chi connectivity index (χ4v) is 5.41. The van der Waals surface area contributed by atoms with Crippen molar-refractivity contribution in [3.05, 3.63) is 30.1 Å². The van der Waals surface area contributed by atoms with Crippen LogP contribution in [0.15, 0.2) is 24.3 Å². The van der Waals surface area contributed by atoms with Crippen molar-refractivity contribution < 1.29 is 19.1 Å². The number of aryl methyl sites for hydroxylation is 2. The lowest BCUT2D eigenvalue weighted by atomic mass is 9.73. The molecule has 2 fully saturated rings. The summed E-state index contributed by atoms with van der Waals surface area (Å²) >= 11 is 0. The number of amides is 3. The van der Waals surface area contributed by atoms with Crippen LogP contribution in [0.3, 0.4) is 0 Å². The van der Waals surface area contributed by atoms with E-state index in [1.54, 1.807) is 6.92 Å². The van der Waals surface area contributed by atoms with Crippen molar-refractivity contribution in [2.24, 2.45) is 5.41 Å². The standard InChI is InChI=1S/C27H39N5O4/c1-3-32-22-9-5-4-8-21(22)30-23(32)10-11-24(33)31-16-13-27(14-17-31)12-6-7-18-36-19-15-28-25(34)20(2)29-26(27)35/h4-5,8-9,20H,3,6-7,10-19H2,1-2H3,(H,28,34)(H,29,35)/t20-/m0/s1. The topological polar surface area (TPSA) is 106 Å². The molecule has 196 valence electrons. The number of benzene rings is 1. The van der Waals surface area contributed by atoms with Crippen molar-refractivity contribution in [2.45, 2.75) is 71.4 Å². The van der Waals surface area contributed by atoms with E-state index in [9.17, 15) is 14.4 Å². The maximum atomic E-state index is 13.4. The first-order chi connectivity index (χ1) is 17.4. The van der Waals surface area contributed by atoms with E-state index in [0.29, 0.717) is 58.5 Å². The molecule has 0 saturated carbocycles. The Morgan fingerprint density at radius 3 is 2.69 bits per heavy atom. The molecule has 2 aliphatic rings. The third kappa shape index (κ3) is 5.88. The first-order valence-corrected chi connectivity index (χ1v) is 13.3. The second-order valence-corrected chi connectivity index (χ2v) is 9.98. The second kappa shape index (κ2) is 11.9. The van der Waals surface area contributed by atoms with Crippen LogP contribution in [0.1, 0.15) is 58.2 Å². The van der Waals surface area contributed by atoms with Gasteiger partial charge < -0.3 is 24.8 Å². The molecule has 3 amide bonds. The van der Waals surface area contributed by atoms with Gasteiger partial charge in [0.2, 0.25) is 17.7 Å². The molecule has 2 saturated heterocycles. The fourth-order valence-electron chi connectivity index (χ4n) is 5.41. The number of para-hydroxylation sites is 2. The molecule has 9 heteroatoms. The van der Waals surface area contributed by atoms with Gasteiger partial charge in [-0.15, -0.1) is 0 Å². The molecule has 3 heterocycles. The van der Waals surface area contributed by atoms with Gasteiger partial charge in [-0.25, -0.2) is 4.98 Å². The summed E-state index contributed by atoms with van der Waals surface area (Å²) in [6, 6.07) is 7.45.